The number of anilines is 1. The number of rotatable bonds is 9. The van der Waals surface area contributed by atoms with Crippen molar-refractivity contribution in [2.75, 3.05) is 17.7 Å². The van der Waals surface area contributed by atoms with Gasteiger partial charge in [0.05, 0.1) is 12.4 Å². The molecule has 3 aromatic carbocycles. The first-order valence-electron chi connectivity index (χ1n) is 10.5. The highest BCUT2D eigenvalue weighted by Crippen LogP contribution is 2.25. The van der Waals surface area contributed by atoms with Crippen LogP contribution in [0, 0.1) is 5.82 Å². The number of halogens is 1. The zero-order valence-electron chi connectivity index (χ0n) is 18.1. The van der Waals surface area contributed by atoms with E-state index in [1.54, 1.807) is 0 Å². The molecule has 0 aliphatic heterocycles. The third-order valence-electron chi connectivity index (χ3n) is 4.77. The fourth-order valence-electron chi connectivity index (χ4n) is 3.26. The summed E-state index contributed by atoms with van der Waals surface area (Å²) in [6, 6.07) is 23.4. The number of hydrogen-bond acceptors (Lipinski definition) is 5. The summed E-state index contributed by atoms with van der Waals surface area (Å²) in [6.45, 7) is 2.53. The number of ether oxygens (including phenoxy) is 1. The zero-order chi connectivity index (χ0) is 23.0. The van der Waals surface area contributed by atoms with Crippen LogP contribution in [0.1, 0.15) is 18.3 Å². The first-order chi connectivity index (χ1) is 16.1. The quantitative estimate of drug-likeness (QED) is 0.350. The van der Waals surface area contributed by atoms with E-state index in [-0.39, 0.29) is 17.5 Å². The van der Waals surface area contributed by atoms with Crippen molar-refractivity contribution in [3.8, 4) is 11.4 Å². The molecule has 0 radical (unpaired) electrons. The van der Waals surface area contributed by atoms with Crippen LogP contribution in [-0.4, -0.2) is 33.0 Å². The van der Waals surface area contributed by atoms with Crippen LogP contribution in [0.3, 0.4) is 0 Å². The lowest BCUT2D eigenvalue weighted by Crippen LogP contribution is -2.14. The standard InChI is InChI=1S/C25H23FN4O2S/c1-2-32-22-14-12-21(13-15-22)30-23(16-18-6-4-3-5-7-18)28-29-25(30)33-17-24(31)27-20-10-8-19(26)9-11-20/h3-15H,2,16-17H2,1H3,(H,27,31). The van der Waals surface area contributed by atoms with Gasteiger partial charge in [-0.2, -0.15) is 0 Å². The topological polar surface area (TPSA) is 69.0 Å². The van der Waals surface area contributed by atoms with Gasteiger partial charge in [0.1, 0.15) is 17.4 Å². The van der Waals surface area contributed by atoms with Gasteiger partial charge in [-0.1, -0.05) is 42.1 Å². The summed E-state index contributed by atoms with van der Waals surface area (Å²) in [5, 5.41) is 12.1. The number of thioether (sulfide) groups is 1. The van der Waals surface area contributed by atoms with Crippen molar-refractivity contribution in [3.63, 3.8) is 0 Å². The van der Waals surface area contributed by atoms with Gasteiger partial charge in [-0.05, 0) is 61.0 Å². The van der Waals surface area contributed by atoms with E-state index in [4.69, 9.17) is 4.74 Å². The van der Waals surface area contributed by atoms with Crippen molar-refractivity contribution >= 4 is 23.4 Å². The Balaban J connectivity index is 1.54. The van der Waals surface area contributed by atoms with Gasteiger partial charge in [-0.3, -0.25) is 9.36 Å². The molecule has 0 aliphatic rings. The minimum absolute atomic E-state index is 0.137. The van der Waals surface area contributed by atoms with E-state index in [2.05, 4.69) is 15.5 Å². The Morgan fingerprint density at radius 1 is 1.00 bits per heavy atom. The molecule has 33 heavy (non-hydrogen) atoms. The predicted molar refractivity (Wildman–Crippen MR) is 128 cm³/mol. The monoisotopic (exact) mass is 462 g/mol. The molecule has 0 unspecified atom stereocenters. The molecule has 6 nitrogen and oxygen atoms in total. The Morgan fingerprint density at radius 2 is 1.73 bits per heavy atom. The smallest absolute Gasteiger partial charge is 0.234 e. The molecule has 4 aromatic rings. The van der Waals surface area contributed by atoms with Gasteiger partial charge in [-0.25, -0.2) is 4.39 Å². The van der Waals surface area contributed by atoms with E-state index in [0.29, 0.717) is 23.9 Å². The summed E-state index contributed by atoms with van der Waals surface area (Å²) >= 11 is 1.29. The van der Waals surface area contributed by atoms with Crippen LogP contribution in [0.25, 0.3) is 5.69 Å². The number of nitrogens with zero attached hydrogens (tertiary/aromatic N) is 3. The Kier molecular flexibility index (Phi) is 7.36. The average Bonchev–Trinajstić information content (AvgIpc) is 3.23. The molecule has 1 N–H and O–H groups in total. The van der Waals surface area contributed by atoms with Crippen LogP contribution in [-0.2, 0) is 11.2 Å². The van der Waals surface area contributed by atoms with Gasteiger partial charge in [0.2, 0.25) is 5.91 Å². The minimum atomic E-state index is -0.350. The molecule has 1 amide bonds. The van der Waals surface area contributed by atoms with Crippen molar-refractivity contribution < 1.29 is 13.9 Å². The van der Waals surface area contributed by atoms with Crippen LogP contribution in [0.2, 0.25) is 0 Å². The van der Waals surface area contributed by atoms with E-state index in [1.165, 1.54) is 36.0 Å². The molecule has 4 rings (SSSR count). The maximum atomic E-state index is 13.1. The van der Waals surface area contributed by atoms with Crippen molar-refractivity contribution in [1.82, 2.24) is 14.8 Å². The van der Waals surface area contributed by atoms with Gasteiger partial charge in [0.25, 0.3) is 0 Å². The van der Waals surface area contributed by atoms with Crippen molar-refractivity contribution in [2.24, 2.45) is 0 Å². The highest BCUT2D eigenvalue weighted by molar-refractivity contribution is 7.99. The first-order valence-corrected chi connectivity index (χ1v) is 11.5. The molecule has 0 saturated heterocycles. The summed E-state index contributed by atoms with van der Waals surface area (Å²) in [5.41, 5.74) is 2.54. The lowest BCUT2D eigenvalue weighted by Gasteiger charge is -2.12. The number of carbonyl (C=O) groups is 1. The lowest BCUT2D eigenvalue weighted by atomic mass is 10.1. The second-order valence-corrected chi connectivity index (χ2v) is 8.11. The third-order valence-corrected chi connectivity index (χ3v) is 5.70. The fraction of sp³-hybridized carbons (Fsp3) is 0.160. The van der Waals surface area contributed by atoms with Crippen LogP contribution < -0.4 is 10.1 Å². The Hall–Kier alpha value is -3.65. The number of aromatic nitrogens is 3. The Morgan fingerprint density at radius 3 is 2.42 bits per heavy atom. The summed E-state index contributed by atoms with van der Waals surface area (Å²) < 4.78 is 20.6. The Labute approximate surface area is 195 Å². The molecule has 168 valence electrons. The highest BCUT2D eigenvalue weighted by atomic mass is 32.2. The SMILES string of the molecule is CCOc1ccc(-n2c(Cc3ccccc3)nnc2SCC(=O)Nc2ccc(F)cc2)cc1. The van der Waals surface area contributed by atoms with E-state index in [0.717, 1.165) is 22.8 Å². The second-order valence-electron chi connectivity index (χ2n) is 7.17. The minimum Gasteiger partial charge on any atom is -0.494 e. The summed E-state index contributed by atoms with van der Waals surface area (Å²) in [5.74, 6) is 1.13. The zero-order valence-corrected chi connectivity index (χ0v) is 18.9. The summed E-state index contributed by atoms with van der Waals surface area (Å²) in [6.07, 6.45) is 0.601. The molecule has 1 heterocycles. The molecule has 0 aliphatic carbocycles. The van der Waals surface area contributed by atoms with Crippen LogP contribution >= 0.6 is 11.8 Å². The fourth-order valence-corrected chi connectivity index (χ4v) is 4.04. The Bertz CT molecular complexity index is 1200. The van der Waals surface area contributed by atoms with Crippen molar-refractivity contribution in [2.45, 2.75) is 18.5 Å². The molecule has 0 spiro atoms. The second kappa shape index (κ2) is 10.8. The molecule has 0 bridgehead atoms. The molecule has 0 fully saturated rings. The third kappa shape index (κ3) is 5.98. The first kappa shape index (κ1) is 22.5. The van der Waals surface area contributed by atoms with Crippen LogP contribution in [0.15, 0.2) is 84.0 Å². The highest BCUT2D eigenvalue weighted by Gasteiger charge is 2.17. The summed E-state index contributed by atoms with van der Waals surface area (Å²) in [7, 11) is 0. The van der Waals surface area contributed by atoms with Gasteiger partial charge in [0, 0.05) is 17.8 Å². The molecular formula is C25H23FN4O2S. The number of hydrogen-bond donors (Lipinski definition) is 1. The number of benzene rings is 3. The molecule has 0 saturated carbocycles. The number of carbonyl (C=O) groups excluding carboxylic acids is 1. The molecule has 0 atom stereocenters. The average molecular weight is 463 g/mol. The maximum absolute atomic E-state index is 13.1. The van der Waals surface area contributed by atoms with Gasteiger partial charge >= 0.3 is 0 Å². The number of amides is 1. The van der Waals surface area contributed by atoms with E-state index < -0.39 is 0 Å². The van der Waals surface area contributed by atoms with E-state index in [9.17, 15) is 9.18 Å². The molecule has 8 heteroatoms. The predicted octanol–water partition coefficient (Wildman–Crippen LogP) is 5.13. The maximum Gasteiger partial charge on any atom is 0.234 e. The lowest BCUT2D eigenvalue weighted by molar-refractivity contribution is -0.113. The van der Waals surface area contributed by atoms with E-state index in [1.807, 2.05) is 66.1 Å². The molecule has 1 aromatic heterocycles. The van der Waals surface area contributed by atoms with Crippen LogP contribution in [0.5, 0.6) is 5.75 Å². The van der Waals surface area contributed by atoms with Gasteiger partial charge in [-0.15, -0.1) is 10.2 Å². The van der Waals surface area contributed by atoms with Gasteiger partial charge < -0.3 is 10.1 Å². The van der Waals surface area contributed by atoms with Crippen molar-refractivity contribution in [3.05, 3.63) is 96.1 Å². The summed E-state index contributed by atoms with van der Waals surface area (Å²) in [4.78, 5) is 12.4. The number of nitrogens with one attached hydrogen (secondary N) is 1. The van der Waals surface area contributed by atoms with E-state index >= 15 is 0 Å². The van der Waals surface area contributed by atoms with Gasteiger partial charge in [0.15, 0.2) is 5.16 Å². The normalized spacial score (nSPS) is 10.7. The van der Waals surface area contributed by atoms with Crippen molar-refractivity contribution in [1.29, 1.82) is 0 Å². The largest absolute Gasteiger partial charge is 0.494 e. The molecular weight excluding hydrogens is 439 g/mol. The van der Waals surface area contributed by atoms with Crippen LogP contribution in [0.4, 0.5) is 10.1 Å².